The molecule has 0 aliphatic rings. The van der Waals surface area contributed by atoms with Crippen LogP contribution in [-0.4, -0.2) is 21.9 Å². The van der Waals surface area contributed by atoms with Crippen molar-refractivity contribution in [2.24, 2.45) is 0 Å². The Morgan fingerprint density at radius 2 is 2.20 bits per heavy atom. The lowest BCUT2D eigenvalue weighted by molar-refractivity contribution is 0.252. The van der Waals surface area contributed by atoms with Gasteiger partial charge in [0.25, 0.3) is 0 Å². The van der Waals surface area contributed by atoms with Gasteiger partial charge in [0.1, 0.15) is 0 Å². The highest BCUT2D eigenvalue weighted by atomic mass is 32.1. The lowest BCUT2D eigenvalue weighted by Gasteiger charge is -2.24. The molecule has 3 aromatic rings. The molecule has 3 nitrogen and oxygen atoms in total. The van der Waals surface area contributed by atoms with Crippen molar-refractivity contribution in [3.8, 4) is 0 Å². The van der Waals surface area contributed by atoms with Crippen molar-refractivity contribution < 1.29 is 0 Å². The quantitative estimate of drug-likeness (QED) is 0.727. The van der Waals surface area contributed by atoms with Gasteiger partial charge >= 0.3 is 0 Å². The van der Waals surface area contributed by atoms with Gasteiger partial charge in [-0.1, -0.05) is 6.07 Å². The van der Waals surface area contributed by atoms with Crippen molar-refractivity contribution in [2.75, 3.05) is 7.05 Å². The van der Waals surface area contributed by atoms with Gasteiger partial charge in [0.05, 0.1) is 10.2 Å². The zero-order valence-corrected chi connectivity index (χ0v) is 12.5. The maximum atomic E-state index is 4.50. The van der Waals surface area contributed by atoms with E-state index in [-0.39, 0.29) is 0 Å². The van der Waals surface area contributed by atoms with Gasteiger partial charge in [0.15, 0.2) is 0 Å². The second-order valence-corrected chi connectivity index (χ2v) is 5.97. The molecular weight excluding hydrogens is 266 g/mol. The highest BCUT2D eigenvalue weighted by molar-refractivity contribution is 7.17. The van der Waals surface area contributed by atoms with Crippen LogP contribution in [0.5, 0.6) is 0 Å². The third-order valence-corrected chi connectivity index (χ3v) is 4.47. The van der Waals surface area contributed by atoms with E-state index in [0.29, 0.717) is 6.04 Å². The Labute approximate surface area is 122 Å². The molecule has 0 bridgehead atoms. The molecule has 0 fully saturated rings. The third-order valence-electron chi connectivity index (χ3n) is 3.62. The Balaban J connectivity index is 1.76. The van der Waals surface area contributed by atoms with Crippen LogP contribution in [-0.2, 0) is 6.54 Å². The number of thiophene rings is 1. The highest BCUT2D eigenvalue weighted by Gasteiger charge is 2.12. The van der Waals surface area contributed by atoms with Gasteiger partial charge in [-0.2, -0.15) is 0 Å². The zero-order valence-electron chi connectivity index (χ0n) is 11.7. The third kappa shape index (κ3) is 2.71. The standard InChI is InChI=1S/C16H17N3S/c1-12(14-4-3-6-17-10-14)19(2)11-13-8-16-15(18-9-13)5-7-20-16/h3-10,12H,11H2,1-2H3. The van der Waals surface area contributed by atoms with Gasteiger partial charge < -0.3 is 0 Å². The molecule has 102 valence electrons. The number of hydrogen-bond acceptors (Lipinski definition) is 4. The van der Waals surface area contributed by atoms with E-state index < -0.39 is 0 Å². The summed E-state index contributed by atoms with van der Waals surface area (Å²) in [5.74, 6) is 0. The largest absolute Gasteiger partial charge is 0.295 e. The minimum atomic E-state index is 0.336. The Morgan fingerprint density at radius 3 is 3.00 bits per heavy atom. The monoisotopic (exact) mass is 283 g/mol. The second kappa shape index (κ2) is 5.69. The van der Waals surface area contributed by atoms with E-state index in [1.165, 1.54) is 15.8 Å². The number of nitrogens with zero attached hydrogens (tertiary/aromatic N) is 3. The molecule has 3 aromatic heterocycles. The van der Waals surface area contributed by atoms with Crippen LogP contribution in [0.3, 0.4) is 0 Å². The van der Waals surface area contributed by atoms with Crippen LogP contribution in [0, 0.1) is 0 Å². The van der Waals surface area contributed by atoms with Crippen LogP contribution < -0.4 is 0 Å². The van der Waals surface area contributed by atoms with Gasteiger partial charge in [-0.3, -0.25) is 14.9 Å². The highest BCUT2D eigenvalue weighted by Crippen LogP contribution is 2.23. The number of aromatic nitrogens is 2. The number of hydrogen-bond donors (Lipinski definition) is 0. The molecule has 0 amide bonds. The fraction of sp³-hybridized carbons (Fsp3) is 0.250. The van der Waals surface area contributed by atoms with Crippen molar-refractivity contribution in [3.05, 3.63) is 59.4 Å². The summed E-state index contributed by atoms with van der Waals surface area (Å²) < 4.78 is 1.25. The molecule has 0 saturated heterocycles. The minimum Gasteiger partial charge on any atom is -0.295 e. The van der Waals surface area contributed by atoms with Crippen LogP contribution in [0.4, 0.5) is 0 Å². The van der Waals surface area contributed by atoms with E-state index in [9.17, 15) is 0 Å². The topological polar surface area (TPSA) is 29.0 Å². The smallest absolute Gasteiger partial charge is 0.0809 e. The van der Waals surface area contributed by atoms with Gasteiger partial charge in [0, 0.05) is 31.2 Å². The molecule has 1 unspecified atom stereocenters. The molecule has 3 rings (SSSR count). The molecule has 0 aliphatic heterocycles. The fourth-order valence-corrected chi connectivity index (χ4v) is 3.08. The summed E-state index contributed by atoms with van der Waals surface area (Å²) in [5.41, 5.74) is 3.57. The molecule has 4 heteroatoms. The molecule has 0 radical (unpaired) electrons. The van der Waals surface area contributed by atoms with E-state index in [2.05, 4.69) is 52.4 Å². The Morgan fingerprint density at radius 1 is 1.30 bits per heavy atom. The van der Waals surface area contributed by atoms with E-state index in [4.69, 9.17) is 0 Å². The SMILES string of the molecule is CC(c1cccnc1)N(C)Cc1cnc2ccsc2c1. The van der Waals surface area contributed by atoms with Crippen molar-refractivity contribution >= 4 is 21.6 Å². The van der Waals surface area contributed by atoms with Crippen LogP contribution in [0.1, 0.15) is 24.1 Å². The number of pyridine rings is 2. The summed E-state index contributed by atoms with van der Waals surface area (Å²) >= 11 is 1.74. The van der Waals surface area contributed by atoms with Crippen LogP contribution in [0.15, 0.2) is 48.2 Å². The van der Waals surface area contributed by atoms with E-state index >= 15 is 0 Å². The van der Waals surface area contributed by atoms with Gasteiger partial charge in [-0.05, 0) is 48.7 Å². The summed E-state index contributed by atoms with van der Waals surface area (Å²) in [7, 11) is 2.14. The van der Waals surface area contributed by atoms with Gasteiger partial charge in [-0.15, -0.1) is 11.3 Å². The van der Waals surface area contributed by atoms with E-state index in [1.54, 1.807) is 11.3 Å². The first-order chi connectivity index (χ1) is 9.74. The summed E-state index contributed by atoms with van der Waals surface area (Å²) in [4.78, 5) is 11.0. The molecule has 20 heavy (non-hydrogen) atoms. The summed E-state index contributed by atoms with van der Waals surface area (Å²) in [6.45, 7) is 3.09. The first-order valence-corrected chi connectivity index (χ1v) is 7.54. The molecule has 3 heterocycles. The second-order valence-electron chi connectivity index (χ2n) is 5.02. The lowest BCUT2D eigenvalue weighted by Crippen LogP contribution is -2.22. The van der Waals surface area contributed by atoms with Crippen molar-refractivity contribution in [3.63, 3.8) is 0 Å². The molecule has 1 atom stereocenters. The average molecular weight is 283 g/mol. The Bertz CT molecular complexity index is 693. The normalized spacial score (nSPS) is 12.9. The van der Waals surface area contributed by atoms with E-state index in [1.807, 2.05) is 24.7 Å². The minimum absolute atomic E-state index is 0.336. The zero-order chi connectivity index (χ0) is 13.9. The lowest BCUT2D eigenvalue weighted by atomic mass is 10.1. The molecule has 0 spiro atoms. The summed E-state index contributed by atoms with van der Waals surface area (Å²) in [6.07, 6.45) is 5.72. The number of fused-ring (bicyclic) bond motifs is 1. The summed E-state index contributed by atoms with van der Waals surface area (Å²) in [5, 5.41) is 2.09. The summed E-state index contributed by atoms with van der Waals surface area (Å²) in [6, 6.07) is 8.74. The molecule has 0 saturated carbocycles. The van der Waals surface area contributed by atoms with Crippen LogP contribution in [0.25, 0.3) is 10.2 Å². The fourth-order valence-electron chi connectivity index (χ4n) is 2.28. The molecule has 0 N–H and O–H groups in total. The van der Waals surface area contributed by atoms with E-state index in [0.717, 1.165) is 12.1 Å². The predicted molar refractivity (Wildman–Crippen MR) is 83.7 cm³/mol. The first-order valence-electron chi connectivity index (χ1n) is 6.66. The van der Waals surface area contributed by atoms with Crippen molar-refractivity contribution in [1.29, 1.82) is 0 Å². The maximum Gasteiger partial charge on any atom is 0.0809 e. The first kappa shape index (κ1) is 13.2. The average Bonchev–Trinajstić information content (AvgIpc) is 2.95. The Hall–Kier alpha value is -1.78. The van der Waals surface area contributed by atoms with Gasteiger partial charge in [0.2, 0.25) is 0 Å². The molecular formula is C16H17N3S. The predicted octanol–water partition coefficient (Wildman–Crippen LogP) is 3.88. The van der Waals surface area contributed by atoms with Crippen LogP contribution >= 0.6 is 11.3 Å². The van der Waals surface area contributed by atoms with Crippen molar-refractivity contribution in [1.82, 2.24) is 14.9 Å². The van der Waals surface area contributed by atoms with Crippen molar-refractivity contribution in [2.45, 2.75) is 19.5 Å². The van der Waals surface area contributed by atoms with Gasteiger partial charge in [-0.25, -0.2) is 0 Å². The number of rotatable bonds is 4. The maximum absolute atomic E-state index is 4.50. The Kier molecular flexibility index (Phi) is 3.76. The molecule has 0 aliphatic carbocycles. The van der Waals surface area contributed by atoms with Crippen LogP contribution in [0.2, 0.25) is 0 Å². The molecule has 0 aromatic carbocycles.